The van der Waals surface area contributed by atoms with Crippen LogP contribution < -0.4 is 10.1 Å². The van der Waals surface area contributed by atoms with Crippen LogP contribution in [0.15, 0.2) is 24.3 Å². The van der Waals surface area contributed by atoms with Gasteiger partial charge in [-0.25, -0.2) is 9.59 Å². The Bertz CT molecular complexity index is 496. The number of nitrogens with one attached hydrogen (secondary N) is 1. The lowest BCUT2D eigenvalue weighted by Crippen LogP contribution is -2.39. The van der Waals surface area contributed by atoms with Crippen molar-refractivity contribution in [3.05, 3.63) is 24.3 Å². The van der Waals surface area contributed by atoms with Crippen LogP contribution in [0.2, 0.25) is 0 Å². The number of rotatable bonds is 7. The molecule has 1 unspecified atom stereocenters. The van der Waals surface area contributed by atoms with Crippen LogP contribution in [0, 0.1) is 0 Å². The third-order valence-corrected chi connectivity index (χ3v) is 3.65. The summed E-state index contributed by atoms with van der Waals surface area (Å²) in [6, 6.07) is 6.54. The number of thioether (sulfide) groups is 1. The van der Waals surface area contributed by atoms with Gasteiger partial charge in [0.1, 0.15) is 5.75 Å². The van der Waals surface area contributed by atoms with E-state index in [4.69, 9.17) is 9.84 Å². The highest BCUT2D eigenvalue weighted by atomic mass is 32.2. The van der Waals surface area contributed by atoms with Crippen molar-refractivity contribution in [3.8, 4) is 5.75 Å². The molecule has 1 aromatic rings. The average molecular weight is 312 g/mol. The van der Waals surface area contributed by atoms with Crippen LogP contribution in [0.1, 0.15) is 6.92 Å². The van der Waals surface area contributed by atoms with Gasteiger partial charge in [-0.3, -0.25) is 0 Å². The Morgan fingerprint density at radius 3 is 2.81 bits per heavy atom. The normalized spacial score (nSPS) is 11.6. The van der Waals surface area contributed by atoms with Crippen LogP contribution in [0.3, 0.4) is 0 Å². The summed E-state index contributed by atoms with van der Waals surface area (Å²) in [6.07, 6.45) is 1.99. The van der Waals surface area contributed by atoms with E-state index in [-0.39, 0.29) is 12.1 Å². The number of benzene rings is 1. The lowest BCUT2D eigenvalue weighted by molar-refractivity contribution is -0.139. The summed E-state index contributed by atoms with van der Waals surface area (Å²) < 4.78 is 5.07. The minimum absolute atomic E-state index is 0.117. The molecule has 116 valence electrons. The minimum atomic E-state index is -1.05. The zero-order valence-corrected chi connectivity index (χ0v) is 13.1. The molecule has 2 amide bonds. The summed E-state index contributed by atoms with van der Waals surface area (Å²) in [5.74, 6) is 0.205. The molecule has 0 spiro atoms. The summed E-state index contributed by atoms with van der Waals surface area (Å²) in [5.41, 5.74) is 0.561. The first kappa shape index (κ1) is 17.2. The zero-order valence-electron chi connectivity index (χ0n) is 12.3. The number of anilines is 1. The highest BCUT2D eigenvalue weighted by Gasteiger charge is 2.15. The van der Waals surface area contributed by atoms with Gasteiger partial charge in [0.25, 0.3) is 0 Å². The van der Waals surface area contributed by atoms with Crippen molar-refractivity contribution in [1.82, 2.24) is 4.90 Å². The van der Waals surface area contributed by atoms with E-state index in [1.54, 1.807) is 48.0 Å². The van der Waals surface area contributed by atoms with E-state index in [9.17, 15) is 9.59 Å². The van der Waals surface area contributed by atoms with Crippen molar-refractivity contribution < 1.29 is 19.4 Å². The predicted octanol–water partition coefficient (Wildman–Crippen LogP) is 2.37. The standard InChI is InChI=1S/C14H20N2O4S/c1-10(9-21-3)16(2)14(19)15-11-5-4-6-12(7-11)20-8-13(17)18/h4-7,10H,8-9H2,1-3H3,(H,15,19)(H,17,18). The van der Waals surface area contributed by atoms with Crippen LogP contribution in [0.25, 0.3) is 0 Å². The molecule has 0 heterocycles. The van der Waals surface area contributed by atoms with Crippen LogP contribution in [0.5, 0.6) is 5.75 Å². The maximum absolute atomic E-state index is 12.1. The maximum Gasteiger partial charge on any atom is 0.341 e. The fourth-order valence-corrected chi connectivity index (χ4v) is 2.28. The molecule has 2 N–H and O–H groups in total. The minimum Gasteiger partial charge on any atom is -0.482 e. The van der Waals surface area contributed by atoms with E-state index in [1.165, 1.54) is 0 Å². The van der Waals surface area contributed by atoms with E-state index in [0.29, 0.717) is 11.4 Å². The largest absolute Gasteiger partial charge is 0.482 e. The number of carbonyl (C=O) groups is 2. The van der Waals surface area contributed by atoms with Gasteiger partial charge in [-0.15, -0.1) is 0 Å². The summed E-state index contributed by atoms with van der Waals surface area (Å²) >= 11 is 1.68. The number of carbonyl (C=O) groups excluding carboxylic acids is 1. The molecular weight excluding hydrogens is 292 g/mol. The van der Waals surface area contributed by atoms with Crippen LogP contribution >= 0.6 is 11.8 Å². The number of nitrogens with zero attached hydrogens (tertiary/aromatic N) is 1. The molecule has 7 heteroatoms. The molecule has 6 nitrogen and oxygen atoms in total. The molecule has 21 heavy (non-hydrogen) atoms. The Kier molecular flexibility index (Phi) is 6.87. The molecule has 0 saturated heterocycles. The fourth-order valence-electron chi connectivity index (χ4n) is 1.57. The topological polar surface area (TPSA) is 78.9 Å². The van der Waals surface area contributed by atoms with E-state index in [1.807, 2.05) is 13.2 Å². The van der Waals surface area contributed by atoms with Crippen LogP contribution in [-0.4, -0.2) is 53.7 Å². The van der Waals surface area contributed by atoms with E-state index < -0.39 is 12.6 Å². The monoisotopic (exact) mass is 312 g/mol. The third kappa shape index (κ3) is 5.95. The number of amides is 2. The Morgan fingerprint density at radius 1 is 1.48 bits per heavy atom. The second-order valence-electron chi connectivity index (χ2n) is 4.56. The van der Waals surface area contributed by atoms with Gasteiger partial charge >= 0.3 is 12.0 Å². The summed E-state index contributed by atoms with van der Waals surface area (Å²) in [5, 5.41) is 11.3. The number of carboxylic acids is 1. The van der Waals surface area contributed by atoms with E-state index in [2.05, 4.69) is 5.32 Å². The summed E-state index contributed by atoms with van der Waals surface area (Å²) in [4.78, 5) is 24.2. The molecule has 0 radical (unpaired) electrons. The van der Waals surface area contributed by atoms with Crippen molar-refractivity contribution in [1.29, 1.82) is 0 Å². The average Bonchev–Trinajstić information content (AvgIpc) is 2.45. The van der Waals surface area contributed by atoms with Gasteiger partial charge in [0.05, 0.1) is 0 Å². The number of hydrogen-bond donors (Lipinski definition) is 2. The molecule has 1 aromatic carbocycles. The summed E-state index contributed by atoms with van der Waals surface area (Å²) in [7, 11) is 1.74. The molecule has 0 aliphatic carbocycles. The maximum atomic E-state index is 12.1. The Labute approximate surface area is 128 Å². The van der Waals surface area contributed by atoms with Crippen LogP contribution in [-0.2, 0) is 4.79 Å². The van der Waals surface area contributed by atoms with Crippen molar-refractivity contribution in [2.45, 2.75) is 13.0 Å². The molecule has 1 atom stereocenters. The molecule has 0 aromatic heterocycles. The first-order valence-electron chi connectivity index (χ1n) is 6.41. The lowest BCUT2D eigenvalue weighted by Gasteiger charge is -2.24. The second-order valence-corrected chi connectivity index (χ2v) is 5.47. The number of carboxylic acid groups (broad SMARTS) is 1. The van der Waals surface area contributed by atoms with Gasteiger partial charge in [0.2, 0.25) is 0 Å². The van der Waals surface area contributed by atoms with Gasteiger partial charge in [-0.1, -0.05) is 6.07 Å². The van der Waals surface area contributed by atoms with Gasteiger partial charge in [-0.05, 0) is 25.3 Å². The quantitative estimate of drug-likeness (QED) is 0.808. The molecule has 0 bridgehead atoms. The highest BCUT2D eigenvalue weighted by molar-refractivity contribution is 7.98. The van der Waals surface area contributed by atoms with E-state index >= 15 is 0 Å². The van der Waals surface area contributed by atoms with E-state index in [0.717, 1.165) is 5.75 Å². The lowest BCUT2D eigenvalue weighted by atomic mass is 10.3. The first-order chi connectivity index (χ1) is 9.93. The number of ether oxygens (including phenoxy) is 1. The molecular formula is C14H20N2O4S. The van der Waals surface area contributed by atoms with Crippen molar-refractivity contribution >= 4 is 29.4 Å². The fraction of sp³-hybridized carbons (Fsp3) is 0.429. The van der Waals surface area contributed by atoms with Crippen molar-refractivity contribution in [2.24, 2.45) is 0 Å². The zero-order chi connectivity index (χ0) is 15.8. The van der Waals surface area contributed by atoms with Crippen LogP contribution in [0.4, 0.5) is 10.5 Å². The second kappa shape index (κ2) is 8.41. The predicted molar refractivity (Wildman–Crippen MR) is 84.2 cm³/mol. The number of hydrogen-bond acceptors (Lipinski definition) is 4. The van der Waals surface area contributed by atoms with Crippen molar-refractivity contribution in [2.75, 3.05) is 31.0 Å². The SMILES string of the molecule is CSCC(C)N(C)C(=O)Nc1cccc(OCC(=O)O)c1. The Morgan fingerprint density at radius 2 is 2.19 bits per heavy atom. The molecule has 0 saturated carbocycles. The molecule has 0 fully saturated rings. The van der Waals surface area contributed by atoms with Gasteiger partial charge in [0, 0.05) is 30.6 Å². The van der Waals surface area contributed by atoms with Gasteiger partial charge in [-0.2, -0.15) is 11.8 Å². The Balaban J connectivity index is 2.63. The van der Waals surface area contributed by atoms with Gasteiger partial charge in [0.15, 0.2) is 6.61 Å². The molecule has 0 aliphatic rings. The molecule has 1 rings (SSSR count). The van der Waals surface area contributed by atoms with Gasteiger partial charge < -0.3 is 20.1 Å². The highest BCUT2D eigenvalue weighted by Crippen LogP contribution is 2.18. The number of urea groups is 1. The number of aliphatic carboxylic acids is 1. The van der Waals surface area contributed by atoms with Crippen molar-refractivity contribution in [3.63, 3.8) is 0 Å². The Hall–Kier alpha value is -1.89. The summed E-state index contributed by atoms with van der Waals surface area (Å²) in [6.45, 7) is 1.56. The molecule has 0 aliphatic heterocycles. The first-order valence-corrected chi connectivity index (χ1v) is 7.80. The smallest absolute Gasteiger partial charge is 0.341 e. The third-order valence-electron chi connectivity index (χ3n) is 2.84.